The number of halogens is 1. The molecular weight excluding hydrogens is 573 g/mol. The number of nitrogens with zero attached hydrogens (tertiary/aromatic N) is 5. The number of amides is 2. The summed E-state index contributed by atoms with van der Waals surface area (Å²) < 4.78 is 29.4. The van der Waals surface area contributed by atoms with Crippen LogP contribution in [0.2, 0.25) is 18.6 Å². The van der Waals surface area contributed by atoms with Crippen molar-refractivity contribution in [2.45, 2.75) is 88.8 Å². The second kappa shape index (κ2) is 12.4. The number of unbranched alkanes of at least 4 members (excludes halogenated alkanes) is 1. The van der Waals surface area contributed by atoms with Crippen molar-refractivity contribution in [3.63, 3.8) is 0 Å². The van der Waals surface area contributed by atoms with Crippen LogP contribution in [0.3, 0.4) is 0 Å². The van der Waals surface area contributed by atoms with E-state index in [2.05, 4.69) is 10.3 Å². The zero-order valence-electron chi connectivity index (χ0n) is 25.4. The number of ether oxygens (including phenoxy) is 2. The number of aliphatic hydroxyl groups excluding tert-OH is 1. The zero-order valence-corrected chi connectivity index (χ0v) is 26.4. The van der Waals surface area contributed by atoms with Gasteiger partial charge in [0.05, 0.1) is 24.6 Å². The highest BCUT2D eigenvalue weighted by Gasteiger charge is 2.66. The molecular formula is C30H42FN5O6Si. The lowest BCUT2D eigenvalue weighted by molar-refractivity contribution is -0.146. The smallest absolute Gasteiger partial charge is 0.305 e. The third-order valence-corrected chi connectivity index (χ3v) is 11.6. The van der Waals surface area contributed by atoms with Gasteiger partial charge in [0.2, 0.25) is 14.3 Å². The summed E-state index contributed by atoms with van der Waals surface area (Å²) in [7, 11) is -2.00. The van der Waals surface area contributed by atoms with Crippen molar-refractivity contribution in [2.24, 2.45) is 5.92 Å². The van der Waals surface area contributed by atoms with Gasteiger partial charge in [-0.25, -0.2) is 0 Å². The van der Waals surface area contributed by atoms with Crippen molar-refractivity contribution in [3.8, 4) is 0 Å². The van der Waals surface area contributed by atoms with Crippen molar-refractivity contribution in [3.05, 3.63) is 35.7 Å². The van der Waals surface area contributed by atoms with Crippen LogP contribution in [0.4, 0.5) is 15.5 Å². The molecule has 2 amide bonds. The number of aliphatic hydroxyl groups is 1. The topological polar surface area (TPSA) is 127 Å². The zero-order chi connectivity index (χ0) is 30.9. The third-order valence-electron chi connectivity index (χ3n) is 9.17. The molecule has 11 nitrogen and oxygen atoms in total. The first kappa shape index (κ1) is 31.3. The number of benzene rings is 1. The Bertz CT molecular complexity index is 1360. The van der Waals surface area contributed by atoms with Crippen LogP contribution in [0.25, 0.3) is 0 Å². The molecule has 1 aromatic heterocycles. The van der Waals surface area contributed by atoms with E-state index in [-0.39, 0.29) is 30.8 Å². The number of carbonyl (C=O) groups is 3. The first-order chi connectivity index (χ1) is 20.5. The number of hydrogen-bond acceptors (Lipinski definition) is 8. The summed E-state index contributed by atoms with van der Waals surface area (Å²) in [5.74, 6) is -0.941. The van der Waals surface area contributed by atoms with Crippen LogP contribution in [0.1, 0.15) is 56.7 Å². The van der Waals surface area contributed by atoms with E-state index < -0.39 is 31.6 Å². The van der Waals surface area contributed by atoms with Gasteiger partial charge in [-0.3, -0.25) is 19.1 Å². The second-order valence-corrected chi connectivity index (χ2v) is 16.1. The molecule has 13 heteroatoms. The van der Waals surface area contributed by atoms with Crippen LogP contribution in [0, 0.1) is 5.92 Å². The fraction of sp³-hybridized carbons (Fsp3) is 0.633. The average molecular weight is 616 g/mol. The number of hydrogen-bond donors (Lipinski definition) is 1. The molecule has 1 aromatic carbocycles. The quantitative estimate of drug-likeness (QED) is 0.166. The van der Waals surface area contributed by atoms with E-state index >= 15 is 4.11 Å². The molecule has 2 aromatic rings. The Morgan fingerprint density at radius 1 is 1.26 bits per heavy atom. The molecule has 1 N–H and O–H groups in total. The van der Waals surface area contributed by atoms with E-state index in [0.717, 1.165) is 6.42 Å². The lowest BCUT2D eigenvalue weighted by Gasteiger charge is -2.31. The van der Waals surface area contributed by atoms with Gasteiger partial charge < -0.3 is 28.5 Å². The fourth-order valence-electron chi connectivity index (χ4n) is 7.19. The standard InChI is InChI=1S/C30H42FN5O6Si/c1-20-28(43(3,4)31)25(12-16-34-19-21(13-17-37)32-33-34)42-30(20)23-18-22(35-15-7-8-26(35)38)10-11-24(23)36(29(30)40)14-6-5-9-27(39)41-2/h10-11,18-20,25,28,37H,5-9,12-17H2,1-4H3/t20-,25+,28-,30+/m0/s1. The molecule has 0 bridgehead atoms. The van der Waals surface area contributed by atoms with Gasteiger partial charge in [0, 0.05) is 74.4 Å². The number of fused-ring (bicyclic) bond motifs is 2. The highest BCUT2D eigenvalue weighted by Crippen LogP contribution is 2.60. The molecule has 3 aliphatic heterocycles. The Labute approximate surface area is 252 Å². The Kier molecular flexibility index (Phi) is 9.05. The summed E-state index contributed by atoms with van der Waals surface area (Å²) in [4.78, 5) is 42.3. The van der Waals surface area contributed by atoms with Crippen LogP contribution in [0.15, 0.2) is 24.4 Å². The van der Waals surface area contributed by atoms with E-state index in [4.69, 9.17) is 9.47 Å². The Morgan fingerprint density at radius 3 is 2.72 bits per heavy atom. The van der Waals surface area contributed by atoms with Crippen molar-refractivity contribution >= 4 is 37.6 Å². The lowest BCUT2D eigenvalue weighted by Crippen LogP contribution is -2.45. The summed E-state index contributed by atoms with van der Waals surface area (Å²) >= 11 is 0. The Balaban J connectivity index is 1.49. The van der Waals surface area contributed by atoms with E-state index in [1.165, 1.54) is 7.11 Å². The Morgan fingerprint density at radius 2 is 2.05 bits per heavy atom. The summed E-state index contributed by atoms with van der Waals surface area (Å²) in [5.41, 5.74) is 0.892. The average Bonchev–Trinajstić information content (AvgIpc) is 3.72. The number of esters is 1. The minimum Gasteiger partial charge on any atom is -0.469 e. The molecule has 0 aliphatic carbocycles. The van der Waals surface area contributed by atoms with Crippen molar-refractivity contribution in [1.29, 1.82) is 0 Å². The fourth-order valence-corrected chi connectivity index (χ4v) is 9.74. The van der Waals surface area contributed by atoms with E-state index in [0.29, 0.717) is 74.4 Å². The van der Waals surface area contributed by atoms with E-state index in [1.807, 2.05) is 25.1 Å². The number of aromatic nitrogens is 3. The van der Waals surface area contributed by atoms with Crippen LogP contribution in [-0.2, 0) is 42.4 Å². The number of methoxy groups -OCH3 is 1. The SMILES string of the molecule is COC(=O)CCCCN1C(=O)[C@]2(O[C@H](CCn3cc(CCO)nn3)[C@@H]([Si](C)(C)F)[C@@H]2C)c2cc(N3CCCC3=O)ccc21. The number of anilines is 2. The summed E-state index contributed by atoms with van der Waals surface area (Å²) in [6.45, 7) is 6.64. The Hall–Kier alpha value is -3.16. The predicted molar refractivity (Wildman–Crippen MR) is 160 cm³/mol. The largest absolute Gasteiger partial charge is 0.469 e. The minimum atomic E-state index is -3.35. The maximum atomic E-state index is 16.2. The van der Waals surface area contributed by atoms with Gasteiger partial charge in [-0.1, -0.05) is 12.1 Å². The second-order valence-electron chi connectivity index (χ2n) is 12.3. The predicted octanol–water partition coefficient (Wildman–Crippen LogP) is 3.49. The lowest BCUT2D eigenvalue weighted by atomic mass is 9.82. The minimum absolute atomic E-state index is 0.0279. The molecule has 43 heavy (non-hydrogen) atoms. The number of rotatable bonds is 12. The molecule has 3 aliphatic rings. The summed E-state index contributed by atoms with van der Waals surface area (Å²) in [6, 6.07) is 5.64. The molecule has 4 atom stereocenters. The number of aryl methyl sites for hydroxylation is 1. The van der Waals surface area contributed by atoms with Gasteiger partial charge in [0.25, 0.3) is 5.91 Å². The van der Waals surface area contributed by atoms with Gasteiger partial charge in [-0.15, -0.1) is 5.10 Å². The molecule has 4 heterocycles. The van der Waals surface area contributed by atoms with Gasteiger partial charge in [-0.05, 0) is 57.0 Å². The monoisotopic (exact) mass is 615 g/mol. The van der Waals surface area contributed by atoms with Crippen molar-refractivity contribution < 1.29 is 33.1 Å². The highest BCUT2D eigenvalue weighted by atomic mass is 28.4. The van der Waals surface area contributed by atoms with Gasteiger partial charge in [0.15, 0.2) is 5.60 Å². The molecule has 2 fully saturated rings. The first-order valence-electron chi connectivity index (χ1n) is 15.2. The van der Waals surface area contributed by atoms with Crippen molar-refractivity contribution in [1.82, 2.24) is 15.0 Å². The van der Waals surface area contributed by atoms with Crippen LogP contribution >= 0.6 is 0 Å². The van der Waals surface area contributed by atoms with Crippen molar-refractivity contribution in [2.75, 3.05) is 36.6 Å². The molecule has 0 saturated carbocycles. The molecule has 0 unspecified atom stereocenters. The summed E-state index contributed by atoms with van der Waals surface area (Å²) in [6.07, 6.45) is 4.70. The van der Waals surface area contributed by atoms with Gasteiger partial charge >= 0.3 is 5.97 Å². The maximum Gasteiger partial charge on any atom is 0.305 e. The van der Waals surface area contributed by atoms with Crippen LogP contribution < -0.4 is 9.80 Å². The van der Waals surface area contributed by atoms with Gasteiger partial charge in [0.1, 0.15) is 0 Å². The van der Waals surface area contributed by atoms with E-state index in [1.54, 1.807) is 33.8 Å². The van der Waals surface area contributed by atoms with Gasteiger partial charge in [-0.2, -0.15) is 0 Å². The van der Waals surface area contributed by atoms with Crippen LogP contribution in [-0.4, -0.2) is 79.2 Å². The molecule has 1 spiro atoms. The maximum absolute atomic E-state index is 16.2. The third kappa shape index (κ3) is 5.86. The molecule has 2 saturated heterocycles. The highest BCUT2D eigenvalue weighted by molar-refractivity contribution is 6.72. The van der Waals surface area contributed by atoms with Crippen LogP contribution in [0.5, 0.6) is 0 Å². The molecule has 234 valence electrons. The first-order valence-corrected chi connectivity index (χ1v) is 18.2. The molecule has 5 rings (SSSR count). The normalized spacial score (nSPS) is 25.3. The van der Waals surface area contributed by atoms with E-state index in [9.17, 15) is 19.5 Å². The molecule has 0 radical (unpaired) electrons. The summed E-state index contributed by atoms with van der Waals surface area (Å²) in [5, 5.41) is 17.5. The number of carbonyl (C=O) groups excluding carboxylic acids is 3.